The molecule has 0 atom stereocenters. The first-order chi connectivity index (χ1) is 14.5. The molecule has 0 aliphatic carbocycles. The molecule has 9 heteroatoms. The van der Waals surface area contributed by atoms with E-state index < -0.39 is 0 Å². The van der Waals surface area contributed by atoms with Crippen molar-refractivity contribution < 1.29 is 4.79 Å². The molecule has 152 valence electrons. The maximum atomic E-state index is 12.4. The number of nitrogens with one attached hydrogen (secondary N) is 1. The zero-order valence-electron chi connectivity index (χ0n) is 16.4. The monoisotopic (exact) mass is 438 g/mol. The summed E-state index contributed by atoms with van der Waals surface area (Å²) in [6.45, 7) is 0. The summed E-state index contributed by atoms with van der Waals surface area (Å²) in [5.41, 5.74) is 3.36. The van der Waals surface area contributed by atoms with Gasteiger partial charge in [0, 0.05) is 30.5 Å². The Morgan fingerprint density at radius 2 is 1.83 bits per heavy atom. The van der Waals surface area contributed by atoms with E-state index in [1.165, 1.54) is 18.1 Å². The average molecular weight is 439 g/mol. The van der Waals surface area contributed by atoms with Crippen LogP contribution in [0.2, 0.25) is 5.02 Å². The predicted molar refractivity (Wildman–Crippen MR) is 122 cm³/mol. The van der Waals surface area contributed by atoms with Gasteiger partial charge < -0.3 is 10.2 Å². The van der Waals surface area contributed by atoms with Gasteiger partial charge in [0.15, 0.2) is 5.65 Å². The minimum Gasteiger partial charge on any atom is -0.378 e. The highest BCUT2D eigenvalue weighted by Crippen LogP contribution is 2.26. The first-order valence-electron chi connectivity index (χ1n) is 9.16. The largest absolute Gasteiger partial charge is 0.378 e. The smallest absolute Gasteiger partial charge is 0.234 e. The molecular formula is C21H19ClN6OS. The van der Waals surface area contributed by atoms with Crippen LogP contribution >= 0.6 is 23.4 Å². The topological polar surface area (TPSA) is 75.9 Å². The Bertz CT molecular complexity index is 1170. The van der Waals surface area contributed by atoms with E-state index in [4.69, 9.17) is 11.6 Å². The van der Waals surface area contributed by atoms with Gasteiger partial charge in [-0.25, -0.2) is 14.6 Å². The van der Waals surface area contributed by atoms with Crippen molar-refractivity contribution in [3.05, 3.63) is 66.1 Å². The molecule has 1 N–H and O–H groups in total. The summed E-state index contributed by atoms with van der Waals surface area (Å²) >= 11 is 7.32. The van der Waals surface area contributed by atoms with E-state index >= 15 is 0 Å². The Kier molecular flexibility index (Phi) is 5.87. The second-order valence-corrected chi connectivity index (χ2v) is 8.13. The van der Waals surface area contributed by atoms with E-state index in [1.807, 2.05) is 55.4 Å². The molecule has 0 spiro atoms. The number of amides is 1. The molecule has 0 radical (unpaired) electrons. The molecule has 4 rings (SSSR count). The summed E-state index contributed by atoms with van der Waals surface area (Å²) in [6, 6.07) is 15.0. The molecule has 0 fully saturated rings. The van der Waals surface area contributed by atoms with E-state index in [-0.39, 0.29) is 11.7 Å². The van der Waals surface area contributed by atoms with Crippen LogP contribution in [0.4, 0.5) is 11.4 Å². The molecule has 30 heavy (non-hydrogen) atoms. The number of aromatic nitrogens is 4. The zero-order valence-corrected chi connectivity index (χ0v) is 18.0. The summed E-state index contributed by atoms with van der Waals surface area (Å²) in [7, 11) is 3.95. The van der Waals surface area contributed by atoms with Gasteiger partial charge in [0.25, 0.3) is 0 Å². The molecular weight excluding hydrogens is 420 g/mol. The molecule has 0 unspecified atom stereocenters. The Morgan fingerprint density at radius 3 is 2.53 bits per heavy atom. The Balaban J connectivity index is 1.46. The normalized spacial score (nSPS) is 10.9. The fraction of sp³-hybridized carbons (Fsp3) is 0.143. The van der Waals surface area contributed by atoms with Gasteiger partial charge in [-0.3, -0.25) is 4.79 Å². The van der Waals surface area contributed by atoms with Crippen molar-refractivity contribution in [3.63, 3.8) is 0 Å². The lowest BCUT2D eigenvalue weighted by Gasteiger charge is -2.13. The highest BCUT2D eigenvalue weighted by Gasteiger charge is 2.13. The van der Waals surface area contributed by atoms with E-state index in [0.29, 0.717) is 15.7 Å². The molecule has 2 aromatic carbocycles. The van der Waals surface area contributed by atoms with Crippen molar-refractivity contribution >= 4 is 51.7 Å². The average Bonchev–Trinajstić information content (AvgIpc) is 3.18. The number of thioether (sulfide) groups is 1. The van der Waals surface area contributed by atoms with Crippen molar-refractivity contribution in [2.45, 2.75) is 5.03 Å². The minimum absolute atomic E-state index is 0.102. The Morgan fingerprint density at radius 1 is 1.10 bits per heavy atom. The third kappa shape index (κ3) is 4.39. The Labute approximate surface area is 183 Å². The highest BCUT2D eigenvalue weighted by molar-refractivity contribution is 8.00. The number of rotatable bonds is 6. The van der Waals surface area contributed by atoms with Gasteiger partial charge >= 0.3 is 0 Å². The number of nitrogens with zero attached hydrogens (tertiary/aromatic N) is 5. The standard InChI is InChI=1S/C21H19ClN6OS/c1-27(2)16-9-5-15(6-10-16)26-19(29)12-30-21-18-11-25-28(20(18)23-13-24-21)17-7-3-14(22)4-8-17/h3-11,13H,12H2,1-2H3,(H,26,29). The van der Waals surface area contributed by atoms with Crippen molar-refractivity contribution in [1.29, 1.82) is 0 Å². The molecule has 0 saturated heterocycles. The molecule has 7 nitrogen and oxygen atoms in total. The highest BCUT2D eigenvalue weighted by atomic mass is 35.5. The SMILES string of the molecule is CN(C)c1ccc(NC(=O)CSc2ncnc3c2cnn3-c2ccc(Cl)cc2)cc1. The van der Waals surface area contributed by atoms with E-state index in [9.17, 15) is 4.79 Å². The summed E-state index contributed by atoms with van der Waals surface area (Å²) < 4.78 is 1.73. The summed E-state index contributed by atoms with van der Waals surface area (Å²) in [5.74, 6) is 0.127. The second-order valence-electron chi connectivity index (χ2n) is 6.73. The fourth-order valence-corrected chi connectivity index (χ4v) is 3.77. The summed E-state index contributed by atoms with van der Waals surface area (Å²) in [5, 5.41) is 9.49. The van der Waals surface area contributed by atoms with Crippen LogP contribution in [0.1, 0.15) is 0 Å². The van der Waals surface area contributed by atoms with Gasteiger partial charge in [-0.15, -0.1) is 0 Å². The molecule has 0 bridgehead atoms. The van der Waals surface area contributed by atoms with Crippen LogP contribution in [0, 0.1) is 0 Å². The molecule has 4 aromatic rings. The number of anilines is 2. The molecule has 0 saturated carbocycles. The van der Waals surface area contributed by atoms with Crippen molar-refractivity contribution in [2.75, 3.05) is 30.1 Å². The first-order valence-corrected chi connectivity index (χ1v) is 10.5. The maximum absolute atomic E-state index is 12.4. The lowest BCUT2D eigenvalue weighted by Crippen LogP contribution is -2.14. The third-order valence-electron chi connectivity index (χ3n) is 4.41. The van der Waals surface area contributed by atoms with Crippen molar-refractivity contribution in [2.24, 2.45) is 0 Å². The van der Waals surface area contributed by atoms with Gasteiger partial charge in [-0.05, 0) is 48.5 Å². The summed E-state index contributed by atoms with van der Waals surface area (Å²) in [6.07, 6.45) is 3.20. The van der Waals surface area contributed by atoms with E-state index in [2.05, 4.69) is 20.4 Å². The number of hydrogen-bond donors (Lipinski definition) is 1. The number of fused-ring (bicyclic) bond motifs is 1. The van der Waals surface area contributed by atoms with Crippen LogP contribution in [-0.4, -0.2) is 45.5 Å². The Hall–Kier alpha value is -3.10. The predicted octanol–water partition coefficient (Wildman–Crippen LogP) is 4.27. The first kappa shape index (κ1) is 20.2. The van der Waals surface area contributed by atoms with Gasteiger partial charge in [-0.1, -0.05) is 23.4 Å². The molecule has 2 heterocycles. The van der Waals surface area contributed by atoms with Crippen LogP contribution in [0.25, 0.3) is 16.7 Å². The van der Waals surface area contributed by atoms with Gasteiger partial charge in [0.2, 0.25) is 5.91 Å². The molecule has 2 aromatic heterocycles. The molecule has 1 amide bonds. The lowest BCUT2D eigenvalue weighted by molar-refractivity contribution is -0.113. The van der Waals surface area contributed by atoms with E-state index in [0.717, 1.165) is 22.4 Å². The number of halogens is 1. The number of benzene rings is 2. The van der Waals surface area contributed by atoms with Gasteiger partial charge in [0.05, 0.1) is 23.0 Å². The number of carbonyl (C=O) groups is 1. The van der Waals surface area contributed by atoms with Crippen molar-refractivity contribution in [3.8, 4) is 5.69 Å². The lowest BCUT2D eigenvalue weighted by atomic mass is 10.2. The second kappa shape index (κ2) is 8.73. The number of carbonyl (C=O) groups excluding carboxylic acids is 1. The van der Waals surface area contributed by atoms with Crippen LogP contribution in [-0.2, 0) is 4.79 Å². The van der Waals surface area contributed by atoms with Crippen LogP contribution in [0.5, 0.6) is 0 Å². The maximum Gasteiger partial charge on any atom is 0.234 e. The van der Waals surface area contributed by atoms with Crippen LogP contribution in [0.3, 0.4) is 0 Å². The quantitative estimate of drug-likeness (QED) is 0.358. The van der Waals surface area contributed by atoms with Gasteiger partial charge in [-0.2, -0.15) is 5.10 Å². The summed E-state index contributed by atoms with van der Waals surface area (Å²) in [4.78, 5) is 23.1. The fourth-order valence-electron chi connectivity index (χ4n) is 2.88. The third-order valence-corrected chi connectivity index (χ3v) is 5.67. The molecule has 0 aliphatic rings. The van der Waals surface area contributed by atoms with E-state index in [1.54, 1.807) is 23.0 Å². The van der Waals surface area contributed by atoms with Crippen LogP contribution < -0.4 is 10.2 Å². The van der Waals surface area contributed by atoms with Crippen LogP contribution in [0.15, 0.2) is 66.1 Å². The zero-order chi connectivity index (χ0) is 21.1. The minimum atomic E-state index is -0.102. The molecule has 0 aliphatic heterocycles. The van der Waals surface area contributed by atoms with Crippen molar-refractivity contribution in [1.82, 2.24) is 19.7 Å². The number of hydrogen-bond acceptors (Lipinski definition) is 6. The van der Waals surface area contributed by atoms with Gasteiger partial charge in [0.1, 0.15) is 11.4 Å².